The van der Waals surface area contributed by atoms with E-state index >= 15 is 0 Å². The van der Waals surface area contributed by atoms with Gasteiger partial charge in [0.2, 0.25) is 0 Å². The molecule has 0 saturated carbocycles. The predicted octanol–water partition coefficient (Wildman–Crippen LogP) is 3.42. The fourth-order valence-corrected chi connectivity index (χ4v) is 3.14. The molecule has 4 nitrogen and oxygen atoms in total. The van der Waals surface area contributed by atoms with Gasteiger partial charge >= 0.3 is 0 Å². The maximum atomic E-state index is 13.2. The molecule has 0 radical (unpaired) electrons. The van der Waals surface area contributed by atoms with Crippen LogP contribution >= 0.6 is 11.6 Å². The molecule has 0 bridgehead atoms. The average Bonchev–Trinajstić information content (AvgIpc) is 3.21. The maximum Gasteiger partial charge on any atom is 0.264 e. The average molecular weight is 357 g/mol. The van der Waals surface area contributed by atoms with Crippen molar-refractivity contribution in [1.29, 1.82) is 0 Å². The van der Waals surface area contributed by atoms with Crippen LogP contribution in [0.5, 0.6) is 0 Å². The monoisotopic (exact) mass is 356 g/mol. The minimum Gasteiger partial charge on any atom is -0.353 e. The zero-order chi connectivity index (χ0) is 16.7. The Morgan fingerprint density at radius 1 is 1.22 bits per heavy atom. The van der Waals surface area contributed by atoms with Gasteiger partial charge in [0.05, 0.1) is 6.26 Å². The van der Waals surface area contributed by atoms with Gasteiger partial charge in [0.1, 0.15) is 24.1 Å². The Morgan fingerprint density at radius 2 is 1.87 bits per heavy atom. The molecule has 2 atom stereocenters. The van der Waals surface area contributed by atoms with E-state index in [0.717, 1.165) is 11.8 Å². The van der Waals surface area contributed by atoms with E-state index in [4.69, 9.17) is 20.5 Å². The van der Waals surface area contributed by atoms with Gasteiger partial charge in [-0.15, -0.1) is 0 Å². The van der Waals surface area contributed by atoms with E-state index in [1.807, 2.05) is 6.07 Å². The summed E-state index contributed by atoms with van der Waals surface area (Å²) in [6.45, 7) is -0.201. The van der Waals surface area contributed by atoms with Crippen LogP contribution in [0.3, 0.4) is 0 Å². The summed E-state index contributed by atoms with van der Waals surface area (Å²) in [5, 5.41) is 0.515. The molecule has 2 unspecified atom stereocenters. The van der Waals surface area contributed by atoms with Crippen LogP contribution in [0.4, 0.5) is 4.39 Å². The second-order valence-electron chi connectivity index (χ2n) is 5.38. The van der Waals surface area contributed by atoms with Crippen molar-refractivity contribution in [1.82, 2.24) is 0 Å². The molecule has 1 saturated heterocycles. The molecule has 0 aromatic heterocycles. The van der Waals surface area contributed by atoms with Gasteiger partial charge < -0.3 is 4.74 Å². The van der Waals surface area contributed by atoms with Crippen LogP contribution in [0.25, 0.3) is 0 Å². The van der Waals surface area contributed by atoms with E-state index in [0.29, 0.717) is 10.6 Å². The molecule has 122 valence electrons. The van der Waals surface area contributed by atoms with Crippen LogP contribution in [-0.2, 0) is 24.6 Å². The first kappa shape index (κ1) is 16.4. The molecule has 7 heteroatoms. The molecule has 0 amide bonds. The topological polar surface area (TPSA) is 55.9 Å². The van der Waals surface area contributed by atoms with Crippen LogP contribution in [0.2, 0.25) is 5.02 Å². The lowest BCUT2D eigenvalue weighted by Crippen LogP contribution is -2.21. The van der Waals surface area contributed by atoms with Gasteiger partial charge in [-0.05, 0) is 23.8 Å². The Labute approximate surface area is 138 Å². The number of epoxide rings is 1. The zero-order valence-corrected chi connectivity index (χ0v) is 13.8. The molecule has 23 heavy (non-hydrogen) atoms. The number of rotatable bonds is 5. The lowest BCUT2D eigenvalue weighted by molar-refractivity contribution is 0.194. The van der Waals surface area contributed by atoms with Crippen molar-refractivity contribution in [2.24, 2.45) is 0 Å². The van der Waals surface area contributed by atoms with E-state index in [-0.39, 0.29) is 12.4 Å². The SMILES string of the molecule is CS(=O)(=O)OCC1(c2ccc(F)cc2)OC1c1ccccc1Cl. The van der Waals surface area contributed by atoms with Crippen molar-refractivity contribution in [3.8, 4) is 0 Å². The molecule has 1 aliphatic rings. The summed E-state index contributed by atoms with van der Waals surface area (Å²) in [6.07, 6.45) is 0.515. The number of halogens is 2. The van der Waals surface area contributed by atoms with Crippen molar-refractivity contribution in [2.45, 2.75) is 11.7 Å². The first-order valence-electron chi connectivity index (χ1n) is 6.84. The van der Waals surface area contributed by atoms with Gasteiger partial charge in [-0.2, -0.15) is 8.42 Å². The quantitative estimate of drug-likeness (QED) is 0.608. The normalized spacial score (nSPS) is 23.7. The van der Waals surface area contributed by atoms with Gasteiger partial charge in [0.15, 0.2) is 0 Å². The highest BCUT2D eigenvalue weighted by atomic mass is 35.5. The highest BCUT2D eigenvalue weighted by molar-refractivity contribution is 7.85. The number of hydrogen-bond donors (Lipinski definition) is 0. The summed E-state index contributed by atoms with van der Waals surface area (Å²) in [7, 11) is -3.64. The van der Waals surface area contributed by atoms with Gasteiger partial charge in [-0.3, -0.25) is 4.18 Å². The van der Waals surface area contributed by atoms with Crippen LogP contribution < -0.4 is 0 Å². The van der Waals surface area contributed by atoms with Crippen LogP contribution in [0.1, 0.15) is 17.2 Å². The molecule has 1 fully saturated rings. The second kappa shape index (κ2) is 5.87. The van der Waals surface area contributed by atoms with E-state index in [2.05, 4.69) is 0 Å². The second-order valence-corrected chi connectivity index (χ2v) is 7.43. The van der Waals surface area contributed by atoms with E-state index < -0.39 is 21.8 Å². The molecule has 1 heterocycles. The van der Waals surface area contributed by atoms with Crippen LogP contribution in [-0.4, -0.2) is 21.3 Å². The Kier molecular flexibility index (Phi) is 4.18. The molecule has 2 aromatic carbocycles. The fourth-order valence-electron chi connectivity index (χ4n) is 2.52. The van der Waals surface area contributed by atoms with Crippen molar-refractivity contribution in [3.63, 3.8) is 0 Å². The summed E-state index contributed by atoms with van der Waals surface area (Å²) >= 11 is 6.19. The smallest absolute Gasteiger partial charge is 0.264 e. The van der Waals surface area contributed by atoms with E-state index in [1.54, 1.807) is 30.3 Å². The molecular formula is C16H14ClFO4S. The lowest BCUT2D eigenvalue weighted by atomic mass is 9.92. The number of benzene rings is 2. The first-order valence-corrected chi connectivity index (χ1v) is 9.04. The molecule has 2 aromatic rings. The molecule has 3 rings (SSSR count). The molecular weight excluding hydrogens is 343 g/mol. The molecule has 0 spiro atoms. The van der Waals surface area contributed by atoms with E-state index in [9.17, 15) is 12.8 Å². The largest absolute Gasteiger partial charge is 0.353 e. The minimum atomic E-state index is -3.64. The summed E-state index contributed by atoms with van der Waals surface area (Å²) in [5.41, 5.74) is 0.366. The van der Waals surface area contributed by atoms with Gasteiger partial charge in [0.25, 0.3) is 10.1 Å². The first-order chi connectivity index (χ1) is 10.8. The third kappa shape index (κ3) is 3.40. The standard InChI is InChI=1S/C16H14ClFO4S/c1-23(19,20)21-10-16(11-6-8-12(18)9-7-11)15(22-16)13-4-2-3-5-14(13)17/h2-9,15H,10H2,1H3. The Morgan fingerprint density at radius 3 is 2.48 bits per heavy atom. The molecule has 0 N–H and O–H groups in total. The Balaban J connectivity index is 1.96. The maximum absolute atomic E-state index is 13.2. The number of hydrogen-bond acceptors (Lipinski definition) is 4. The van der Waals surface area contributed by atoms with Gasteiger partial charge in [-0.25, -0.2) is 4.39 Å². The number of ether oxygens (including phenoxy) is 1. The summed E-state index contributed by atoms with van der Waals surface area (Å²) in [4.78, 5) is 0. The van der Waals surface area contributed by atoms with Crippen LogP contribution in [0, 0.1) is 5.82 Å². The molecule has 0 aliphatic carbocycles. The molecule has 1 aliphatic heterocycles. The zero-order valence-electron chi connectivity index (χ0n) is 12.2. The summed E-state index contributed by atoms with van der Waals surface area (Å²) in [5.74, 6) is -0.386. The highest BCUT2D eigenvalue weighted by Crippen LogP contribution is 2.58. The minimum absolute atomic E-state index is 0.201. The summed E-state index contributed by atoms with van der Waals surface area (Å²) in [6, 6.07) is 12.8. The van der Waals surface area contributed by atoms with Crippen molar-refractivity contribution in [3.05, 3.63) is 70.5 Å². The van der Waals surface area contributed by atoms with Crippen molar-refractivity contribution >= 4 is 21.7 Å². The third-order valence-electron chi connectivity index (χ3n) is 3.70. The van der Waals surface area contributed by atoms with Gasteiger partial charge in [-0.1, -0.05) is 41.9 Å². The fraction of sp³-hybridized carbons (Fsp3) is 0.250. The Hall–Kier alpha value is -1.47. The van der Waals surface area contributed by atoms with E-state index in [1.165, 1.54) is 12.1 Å². The summed E-state index contributed by atoms with van der Waals surface area (Å²) < 4.78 is 46.6. The van der Waals surface area contributed by atoms with Crippen molar-refractivity contribution < 1.29 is 21.7 Å². The Bertz CT molecular complexity index is 822. The third-order valence-corrected chi connectivity index (χ3v) is 4.59. The van der Waals surface area contributed by atoms with Crippen molar-refractivity contribution in [2.75, 3.05) is 12.9 Å². The predicted molar refractivity (Wildman–Crippen MR) is 84.2 cm³/mol. The van der Waals surface area contributed by atoms with Crippen LogP contribution in [0.15, 0.2) is 48.5 Å². The van der Waals surface area contributed by atoms with Gasteiger partial charge in [0, 0.05) is 10.6 Å². The lowest BCUT2D eigenvalue weighted by Gasteiger charge is -2.14. The highest BCUT2D eigenvalue weighted by Gasteiger charge is 2.60.